The molecule has 0 bridgehead atoms. The molecule has 3 nitrogen and oxygen atoms in total. The number of rotatable bonds is 6. The normalized spacial score (nSPS) is 16.6. The number of piperidine rings is 1. The average molecular weight is 341 g/mol. The van der Waals surface area contributed by atoms with E-state index < -0.39 is 0 Å². The summed E-state index contributed by atoms with van der Waals surface area (Å²) in [4.78, 5) is 0. The molecular formula is C16H25BrN2O. The molecule has 2 rings (SSSR count). The zero-order valence-electron chi connectivity index (χ0n) is 12.4. The predicted molar refractivity (Wildman–Crippen MR) is 87.2 cm³/mol. The van der Waals surface area contributed by atoms with Crippen molar-refractivity contribution in [2.75, 3.05) is 19.6 Å². The molecule has 4 heteroatoms. The Morgan fingerprint density at radius 1 is 1.35 bits per heavy atom. The van der Waals surface area contributed by atoms with E-state index in [1.165, 1.54) is 31.5 Å². The first kappa shape index (κ1) is 15.8. The molecule has 0 amide bonds. The summed E-state index contributed by atoms with van der Waals surface area (Å²) in [5.41, 5.74) is 1.29. The number of nitrogens with one attached hydrogen (secondary N) is 2. The Kier molecular flexibility index (Phi) is 6.33. The fourth-order valence-electron chi connectivity index (χ4n) is 2.51. The SMILES string of the molecule is CC(C)Oc1ccc(CNCC2CCNCC2)cc1Br. The topological polar surface area (TPSA) is 33.3 Å². The Balaban J connectivity index is 1.79. The molecule has 0 aliphatic carbocycles. The van der Waals surface area contributed by atoms with E-state index >= 15 is 0 Å². The van der Waals surface area contributed by atoms with E-state index in [0.717, 1.165) is 29.2 Å². The second kappa shape index (κ2) is 8.01. The Hall–Kier alpha value is -0.580. The summed E-state index contributed by atoms with van der Waals surface area (Å²) >= 11 is 3.58. The van der Waals surface area contributed by atoms with E-state index in [1.807, 2.05) is 19.9 Å². The van der Waals surface area contributed by atoms with Gasteiger partial charge in [-0.1, -0.05) is 6.07 Å². The molecule has 1 heterocycles. The molecule has 0 saturated carbocycles. The molecule has 0 atom stereocenters. The second-order valence-corrected chi connectivity index (χ2v) is 6.61. The molecular weight excluding hydrogens is 316 g/mol. The second-order valence-electron chi connectivity index (χ2n) is 5.76. The van der Waals surface area contributed by atoms with E-state index in [1.54, 1.807) is 0 Å². The molecule has 1 fully saturated rings. The van der Waals surface area contributed by atoms with Crippen LogP contribution in [0.3, 0.4) is 0 Å². The lowest BCUT2D eigenvalue weighted by atomic mass is 9.98. The van der Waals surface area contributed by atoms with Gasteiger partial charge in [0.25, 0.3) is 0 Å². The molecule has 112 valence electrons. The first-order valence-electron chi connectivity index (χ1n) is 7.51. The molecule has 2 N–H and O–H groups in total. The van der Waals surface area contributed by atoms with Gasteiger partial charge in [0, 0.05) is 6.54 Å². The minimum atomic E-state index is 0.204. The summed E-state index contributed by atoms with van der Waals surface area (Å²) in [6, 6.07) is 6.33. The first-order chi connectivity index (χ1) is 9.65. The van der Waals surface area contributed by atoms with Crippen LogP contribution in [-0.4, -0.2) is 25.7 Å². The lowest BCUT2D eigenvalue weighted by Gasteiger charge is -2.22. The molecule has 20 heavy (non-hydrogen) atoms. The van der Waals surface area contributed by atoms with Gasteiger partial charge in [-0.05, 0) is 85.9 Å². The van der Waals surface area contributed by atoms with Crippen LogP contribution in [0.25, 0.3) is 0 Å². The van der Waals surface area contributed by atoms with Gasteiger partial charge in [-0.15, -0.1) is 0 Å². The van der Waals surface area contributed by atoms with Gasteiger partial charge in [0.15, 0.2) is 0 Å². The Labute approximate surface area is 130 Å². The van der Waals surface area contributed by atoms with Crippen LogP contribution in [0.4, 0.5) is 0 Å². The molecule has 1 aliphatic rings. The Morgan fingerprint density at radius 3 is 2.75 bits per heavy atom. The van der Waals surface area contributed by atoms with Crippen molar-refractivity contribution in [3.8, 4) is 5.75 Å². The number of halogens is 1. The van der Waals surface area contributed by atoms with Crippen molar-refractivity contribution in [1.82, 2.24) is 10.6 Å². The molecule has 1 aromatic rings. The van der Waals surface area contributed by atoms with Crippen molar-refractivity contribution in [1.29, 1.82) is 0 Å². The quantitative estimate of drug-likeness (QED) is 0.833. The van der Waals surface area contributed by atoms with Gasteiger partial charge < -0.3 is 15.4 Å². The van der Waals surface area contributed by atoms with Crippen molar-refractivity contribution < 1.29 is 4.74 Å². The maximum atomic E-state index is 5.73. The number of hydrogen-bond acceptors (Lipinski definition) is 3. The fourth-order valence-corrected chi connectivity index (χ4v) is 3.03. The Morgan fingerprint density at radius 2 is 2.10 bits per heavy atom. The van der Waals surface area contributed by atoms with Crippen molar-refractivity contribution in [2.45, 2.75) is 39.3 Å². The molecule has 0 spiro atoms. The predicted octanol–water partition coefficient (Wildman–Crippen LogP) is 3.33. The highest BCUT2D eigenvalue weighted by molar-refractivity contribution is 9.10. The third kappa shape index (κ3) is 5.08. The molecule has 1 aliphatic heterocycles. The van der Waals surface area contributed by atoms with Gasteiger partial charge in [-0.2, -0.15) is 0 Å². The zero-order valence-corrected chi connectivity index (χ0v) is 14.0. The van der Waals surface area contributed by atoms with Crippen LogP contribution in [-0.2, 0) is 6.54 Å². The third-order valence-electron chi connectivity index (χ3n) is 3.58. The highest BCUT2D eigenvalue weighted by Gasteiger charge is 2.12. The van der Waals surface area contributed by atoms with E-state index in [-0.39, 0.29) is 6.10 Å². The highest BCUT2D eigenvalue weighted by Crippen LogP contribution is 2.27. The minimum absolute atomic E-state index is 0.204. The van der Waals surface area contributed by atoms with Crippen molar-refractivity contribution in [3.63, 3.8) is 0 Å². The van der Waals surface area contributed by atoms with Gasteiger partial charge in [0.2, 0.25) is 0 Å². The number of hydrogen-bond donors (Lipinski definition) is 2. The molecule has 1 saturated heterocycles. The maximum absolute atomic E-state index is 5.73. The van der Waals surface area contributed by atoms with E-state index in [2.05, 4.69) is 38.7 Å². The monoisotopic (exact) mass is 340 g/mol. The summed E-state index contributed by atoms with van der Waals surface area (Å²) in [6.07, 6.45) is 2.78. The van der Waals surface area contributed by atoms with E-state index in [0.29, 0.717) is 0 Å². The van der Waals surface area contributed by atoms with Gasteiger partial charge >= 0.3 is 0 Å². The summed E-state index contributed by atoms with van der Waals surface area (Å²) < 4.78 is 6.76. The van der Waals surface area contributed by atoms with Gasteiger partial charge in [-0.3, -0.25) is 0 Å². The molecule has 0 radical (unpaired) electrons. The zero-order chi connectivity index (χ0) is 14.4. The molecule has 0 aromatic heterocycles. The van der Waals surface area contributed by atoms with Crippen LogP contribution in [0.5, 0.6) is 5.75 Å². The number of benzene rings is 1. The van der Waals surface area contributed by atoms with Crippen LogP contribution < -0.4 is 15.4 Å². The summed E-state index contributed by atoms with van der Waals surface area (Å²) in [5, 5.41) is 6.97. The third-order valence-corrected chi connectivity index (χ3v) is 4.20. The lowest BCUT2D eigenvalue weighted by molar-refractivity contribution is 0.241. The van der Waals surface area contributed by atoms with Crippen molar-refractivity contribution in [2.24, 2.45) is 5.92 Å². The highest BCUT2D eigenvalue weighted by atomic mass is 79.9. The largest absolute Gasteiger partial charge is 0.490 e. The summed E-state index contributed by atoms with van der Waals surface area (Å²) in [6.45, 7) is 8.45. The van der Waals surface area contributed by atoms with Gasteiger partial charge in [0.1, 0.15) is 5.75 Å². The van der Waals surface area contributed by atoms with Crippen LogP contribution >= 0.6 is 15.9 Å². The van der Waals surface area contributed by atoms with Crippen molar-refractivity contribution >= 4 is 15.9 Å². The summed E-state index contributed by atoms with van der Waals surface area (Å²) in [5.74, 6) is 1.74. The summed E-state index contributed by atoms with van der Waals surface area (Å²) in [7, 11) is 0. The maximum Gasteiger partial charge on any atom is 0.133 e. The Bertz CT molecular complexity index is 417. The number of ether oxygens (including phenoxy) is 1. The van der Waals surface area contributed by atoms with Crippen LogP contribution in [0, 0.1) is 5.92 Å². The molecule has 0 unspecified atom stereocenters. The standard InChI is InChI=1S/C16H25BrN2O/c1-12(2)20-16-4-3-14(9-15(16)17)11-19-10-13-5-7-18-8-6-13/h3-4,9,12-13,18-19H,5-8,10-11H2,1-2H3. The average Bonchev–Trinajstić information content (AvgIpc) is 2.43. The van der Waals surface area contributed by atoms with Crippen molar-refractivity contribution in [3.05, 3.63) is 28.2 Å². The smallest absolute Gasteiger partial charge is 0.133 e. The fraction of sp³-hybridized carbons (Fsp3) is 0.625. The van der Waals surface area contributed by atoms with Crippen LogP contribution in [0.1, 0.15) is 32.3 Å². The molecule has 1 aromatic carbocycles. The van der Waals surface area contributed by atoms with Gasteiger partial charge in [-0.25, -0.2) is 0 Å². The van der Waals surface area contributed by atoms with E-state index in [4.69, 9.17) is 4.74 Å². The van der Waals surface area contributed by atoms with E-state index in [9.17, 15) is 0 Å². The minimum Gasteiger partial charge on any atom is -0.490 e. The van der Waals surface area contributed by atoms with Crippen LogP contribution in [0.15, 0.2) is 22.7 Å². The lowest BCUT2D eigenvalue weighted by Crippen LogP contribution is -2.33. The van der Waals surface area contributed by atoms with Gasteiger partial charge in [0.05, 0.1) is 10.6 Å². The van der Waals surface area contributed by atoms with Crippen LogP contribution in [0.2, 0.25) is 0 Å². The first-order valence-corrected chi connectivity index (χ1v) is 8.31.